The summed E-state index contributed by atoms with van der Waals surface area (Å²) in [6.45, 7) is 0. The van der Waals surface area contributed by atoms with Gasteiger partial charge >= 0.3 is 0 Å². The molecule has 6 aromatic carbocycles. The van der Waals surface area contributed by atoms with Gasteiger partial charge in [-0.25, -0.2) is 0 Å². The fraction of sp³-hybridized carbons (Fsp3) is 0.0909. The Morgan fingerprint density at radius 2 is 1.00 bits per heavy atom. The molecule has 0 bridgehead atoms. The Hall–Kier alpha value is -5.10. The largest absolute Gasteiger partial charge is 0.507 e. The Morgan fingerprint density at radius 3 is 1.67 bits per heavy atom. The average Bonchev–Trinajstić information content (AvgIpc) is 2.97. The number of methoxy groups -OCH3 is 3. The summed E-state index contributed by atoms with van der Waals surface area (Å²) >= 11 is 0. The minimum Gasteiger partial charge on any atom is -0.507 e. The van der Waals surface area contributed by atoms with Crippen molar-refractivity contribution in [1.29, 1.82) is 0 Å². The molecule has 39 heavy (non-hydrogen) atoms. The molecule has 194 valence electrons. The summed E-state index contributed by atoms with van der Waals surface area (Å²) in [6, 6.07) is 25.7. The second-order valence-electron chi connectivity index (χ2n) is 9.24. The maximum Gasteiger partial charge on any atom is 0.135 e. The van der Waals surface area contributed by atoms with Crippen LogP contribution < -0.4 is 14.2 Å². The molecule has 0 spiro atoms. The zero-order valence-electron chi connectivity index (χ0n) is 21.6. The van der Waals surface area contributed by atoms with Crippen molar-refractivity contribution in [2.45, 2.75) is 0 Å². The molecular formula is C33H26O6. The molecule has 0 aliphatic heterocycles. The lowest BCUT2D eigenvalue weighted by atomic mass is 9.88. The molecule has 0 saturated carbocycles. The average molecular weight is 519 g/mol. The van der Waals surface area contributed by atoms with E-state index in [4.69, 9.17) is 14.2 Å². The maximum atomic E-state index is 11.7. The molecule has 6 aromatic rings. The minimum absolute atomic E-state index is 0.00215. The van der Waals surface area contributed by atoms with Crippen molar-refractivity contribution >= 4 is 32.3 Å². The SMILES string of the molecule is COc1cccc2ccc(-c3cc(-c4ccc(O)c5c(OC)cccc45)c4cccc(OC)c4c3O)c(O)c12. The fourth-order valence-corrected chi connectivity index (χ4v) is 5.50. The molecule has 0 unspecified atom stereocenters. The van der Waals surface area contributed by atoms with Gasteiger partial charge < -0.3 is 29.5 Å². The molecule has 0 atom stereocenters. The number of aromatic hydroxyl groups is 3. The molecule has 3 N–H and O–H groups in total. The third kappa shape index (κ3) is 3.64. The monoisotopic (exact) mass is 518 g/mol. The van der Waals surface area contributed by atoms with Gasteiger partial charge in [-0.05, 0) is 63.7 Å². The first-order valence-corrected chi connectivity index (χ1v) is 12.4. The standard InChI is InChI=1S/C33H26O6/c1-37-26-10-4-7-18-13-14-22(32(35)29(18)26)24-17-23(21-9-6-12-28(39-3)31(21)33(24)36)19-15-16-25(34)30-20(19)8-5-11-27(30)38-2/h4-17,34-36H,1-3H3. The highest BCUT2D eigenvalue weighted by atomic mass is 16.5. The number of fused-ring (bicyclic) bond motifs is 3. The summed E-state index contributed by atoms with van der Waals surface area (Å²) in [7, 11) is 4.68. The van der Waals surface area contributed by atoms with Crippen LogP contribution in [-0.4, -0.2) is 36.6 Å². The summed E-state index contributed by atoms with van der Waals surface area (Å²) in [5.41, 5.74) is 2.48. The van der Waals surface area contributed by atoms with Crippen molar-refractivity contribution in [3.05, 3.63) is 84.9 Å². The van der Waals surface area contributed by atoms with Gasteiger partial charge in [0.15, 0.2) is 0 Å². The molecule has 0 fully saturated rings. The zero-order valence-corrected chi connectivity index (χ0v) is 21.6. The van der Waals surface area contributed by atoms with Gasteiger partial charge in [0.25, 0.3) is 0 Å². The van der Waals surface area contributed by atoms with Crippen molar-refractivity contribution in [3.8, 4) is 56.8 Å². The van der Waals surface area contributed by atoms with E-state index in [0.29, 0.717) is 44.5 Å². The molecule has 6 nitrogen and oxygen atoms in total. The summed E-state index contributed by atoms with van der Waals surface area (Å²) < 4.78 is 16.7. The Labute approximate surface area is 224 Å². The van der Waals surface area contributed by atoms with Crippen LogP contribution in [0.3, 0.4) is 0 Å². The second kappa shape index (κ2) is 9.33. The predicted octanol–water partition coefficient (Wildman–Crippen LogP) is 7.62. The third-order valence-electron chi connectivity index (χ3n) is 7.30. The van der Waals surface area contributed by atoms with Crippen LogP contribution in [0.15, 0.2) is 84.9 Å². The molecular weight excluding hydrogens is 492 g/mol. The van der Waals surface area contributed by atoms with Gasteiger partial charge in [0, 0.05) is 11.1 Å². The van der Waals surface area contributed by atoms with E-state index in [2.05, 4.69) is 0 Å². The van der Waals surface area contributed by atoms with Crippen molar-refractivity contribution in [2.75, 3.05) is 21.3 Å². The van der Waals surface area contributed by atoms with E-state index in [9.17, 15) is 15.3 Å². The molecule has 0 aliphatic carbocycles. The first kappa shape index (κ1) is 24.2. The minimum atomic E-state index is -0.0172. The van der Waals surface area contributed by atoms with Gasteiger partial charge in [-0.15, -0.1) is 0 Å². The van der Waals surface area contributed by atoms with Crippen molar-refractivity contribution in [1.82, 2.24) is 0 Å². The molecule has 0 heterocycles. The molecule has 0 amide bonds. The first-order valence-electron chi connectivity index (χ1n) is 12.4. The normalized spacial score (nSPS) is 11.3. The highest BCUT2D eigenvalue weighted by molar-refractivity contribution is 6.14. The van der Waals surface area contributed by atoms with Gasteiger partial charge in [-0.2, -0.15) is 0 Å². The molecule has 0 aliphatic rings. The Morgan fingerprint density at radius 1 is 0.462 bits per heavy atom. The number of hydrogen-bond donors (Lipinski definition) is 3. The number of ether oxygens (including phenoxy) is 3. The molecule has 0 saturated heterocycles. The first-order chi connectivity index (χ1) is 19.0. The zero-order chi connectivity index (χ0) is 27.3. The van der Waals surface area contributed by atoms with Crippen LogP contribution in [-0.2, 0) is 0 Å². The number of hydrogen-bond acceptors (Lipinski definition) is 6. The highest BCUT2D eigenvalue weighted by Crippen LogP contribution is 2.51. The topological polar surface area (TPSA) is 88.4 Å². The summed E-state index contributed by atoms with van der Waals surface area (Å²) in [6.07, 6.45) is 0. The lowest BCUT2D eigenvalue weighted by Crippen LogP contribution is -1.93. The van der Waals surface area contributed by atoms with Crippen LogP contribution >= 0.6 is 0 Å². The van der Waals surface area contributed by atoms with Gasteiger partial charge in [0.1, 0.15) is 34.5 Å². The fourth-order valence-electron chi connectivity index (χ4n) is 5.50. The Balaban J connectivity index is 1.76. The highest BCUT2D eigenvalue weighted by Gasteiger charge is 2.22. The van der Waals surface area contributed by atoms with Crippen molar-refractivity contribution in [3.63, 3.8) is 0 Å². The van der Waals surface area contributed by atoms with Crippen LogP contribution in [0.1, 0.15) is 0 Å². The van der Waals surface area contributed by atoms with E-state index in [-0.39, 0.29) is 17.2 Å². The number of phenolic OH excluding ortho intramolecular Hbond substituents is 3. The quantitative estimate of drug-likeness (QED) is 0.218. The van der Waals surface area contributed by atoms with Crippen LogP contribution in [0, 0.1) is 0 Å². The number of benzene rings is 6. The lowest BCUT2D eigenvalue weighted by Gasteiger charge is -2.19. The lowest BCUT2D eigenvalue weighted by molar-refractivity contribution is 0.415. The van der Waals surface area contributed by atoms with E-state index in [1.54, 1.807) is 51.7 Å². The molecule has 6 heteroatoms. The molecule has 0 radical (unpaired) electrons. The van der Waals surface area contributed by atoms with E-state index < -0.39 is 0 Å². The third-order valence-corrected chi connectivity index (χ3v) is 7.30. The van der Waals surface area contributed by atoms with Crippen LogP contribution in [0.2, 0.25) is 0 Å². The predicted molar refractivity (Wildman–Crippen MR) is 154 cm³/mol. The van der Waals surface area contributed by atoms with Gasteiger partial charge in [-0.1, -0.05) is 48.5 Å². The smallest absolute Gasteiger partial charge is 0.135 e. The van der Waals surface area contributed by atoms with E-state index >= 15 is 0 Å². The van der Waals surface area contributed by atoms with Crippen molar-refractivity contribution in [2.24, 2.45) is 0 Å². The number of phenols is 3. The summed E-state index contributed by atoms with van der Waals surface area (Å²) in [5, 5.41) is 37.9. The Kier molecular flexibility index (Phi) is 5.80. The summed E-state index contributed by atoms with van der Waals surface area (Å²) in [4.78, 5) is 0. The van der Waals surface area contributed by atoms with Gasteiger partial charge in [-0.3, -0.25) is 0 Å². The van der Waals surface area contributed by atoms with Gasteiger partial charge in [0.2, 0.25) is 0 Å². The van der Waals surface area contributed by atoms with Crippen LogP contribution in [0.25, 0.3) is 54.6 Å². The number of rotatable bonds is 5. The molecule has 6 rings (SSSR count). The van der Waals surface area contributed by atoms with Crippen molar-refractivity contribution < 1.29 is 29.5 Å². The second-order valence-corrected chi connectivity index (χ2v) is 9.24. The van der Waals surface area contributed by atoms with E-state index in [0.717, 1.165) is 27.3 Å². The van der Waals surface area contributed by atoms with E-state index in [1.165, 1.54) is 0 Å². The Bertz CT molecular complexity index is 1910. The summed E-state index contributed by atoms with van der Waals surface area (Å²) in [5.74, 6) is 1.65. The van der Waals surface area contributed by atoms with Crippen LogP contribution in [0.5, 0.6) is 34.5 Å². The van der Waals surface area contributed by atoms with E-state index in [1.807, 2.05) is 54.6 Å². The van der Waals surface area contributed by atoms with Gasteiger partial charge in [0.05, 0.1) is 37.5 Å². The van der Waals surface area contributed by atoms with Crippen LogP contribution in [0.4, 0.5) is 0 Å². The molecule has 0 aromatic heterocycles. The maximum absolute atomic E-state index is 11.7.